The zero-order valence-electron chi connectivity index (χ0n) is 23.2. The predicted octanol–water partition coefficient (Wildman–Crippen LogP) is 2.46. The van der Waals surface area contributed by atoms with Crippen LogP contribution in [-0.2, 0) is 9.53 Å². The van der Waals surface area contributed by atoms with Crippen LogP contribution in [0.1, 0.15) is 27.2 Å². The van der Waals surface area contributed by atoms with Crippen LogP contribution in [0.2, 0.25) is 0 Å². The first-order valence-corrected chi connectivity index (χ1v) is 13.7. The van der Waals surface area contributed by atoms with Crippen molar-refractivity contribution in [3.05, 3.63) is 42.2 Å². The van der Waals surface area contributed by atoms with Gasteiger partial charge in [-0.25, -0.2) is 9.18 Å². The smallest absolute Gasteiger partial charge is 0.318 e. The van der Waals surface area contributed by atoms with E-state index in [-0.39, 0.29) is 24.3 Å². The monoisotopic (exact) mass is 541 g/mol. The molecule has 2 saturated heterocycles. The Balaban J connectivity index is 1.34. The van der Waals surface area contributed by atoms with Gasteiger partial charge < -0.3 is 24.8 Å². The van der Waals surface area contributed by atoms with Gasteiger partial charge in [0.25, 0.3) is 0 Å². The molecule has 1 aromatic carbocycles. The summed E-state index contributed by atoms with van der Waals surface area (Å²) in [5.41, 5.74) is 1.08. The van der Waals surface area contributed by atoms with Crippen molar-refractivity contribution in [2.75, 3.05) is 77.0 Å². The molecule has 11 heteroatoms. The van der Waals surface area contributed by atoms with Gasteiger partial charge in [0, 0.05) is 63.5 Å². The second kappa shape index (κ2) is 13.2. The fourth-order valence-electron chi connectivity index (χ4n) is 4.67. The highest BCUT2D eigenvalue weighted by molar-refractivity contribution is 5.84. The number of amides is 3. The first kappa shape index (κ1) is 28.7. The van der Waals surface area contributed by atoms with Gasteiger partial charge in [0.15, 0.2) is 5.82 Å². The summed E-state index contributed by atoms with van der Waals surface area (Å²) in [7, 11) is 0. The lowest BCUT2D eigenvalue weighted by Gasteiger charge is -2.33. The Hall–Kier alpha value is -3.31. The van der Waals surface area contributed by atoms with E-state index >= 15 is 0 Å². The van der Waals surface area contributed by atoms with Crippen LogP contribution in [0.15, 0.2) is 36.4 Å². The molecule has 212 valence electrons. The lowest BCUT2D eigenvalue weighted by molar-refractivity contribution is -0.131. The normalized spacial score (nSPS) is 17.0. The summed E-state index contributed by atoms with van der Waals surface area (Å²) < 4.78 is 18.7. The molecule has 4 rings (SSSR count). The quantitative estimate of drug-likeness (QED) is 0.576. The third-order valence-corrected chi connectivity index (χ3v) is 6.85. The number of carbonyl (C=O) groups excluding carboxylic acids is 2. The number of hydrogen-bond donors (Lipinski definition) is 1. The summed E-state index contributed by atoms with van der Waals surface area (Å²) >= 11 is 0. The number of benzene rings is 1. The number of nitrogens with one attached hydrogen (secondary N) is 1. The van der Waals surface area contributed by atoms with Crippen molar-refractivity contribution in [2.24, 2.45) is 0 Å². The molecule has 3 heterocycles. The summed E-state index contributed by atoms with van der Waals surface area (Å²) in [5.74, 6) is 0.398. The number of hydrogen-bond acceptors (Lipinski definition) is 7. The first-order valence-electron chi connectivity index (χ1n) is 13.7. The predicted molar refractivity (Wildman–Crippen MR) is 148 cm³/mol. The van der Waals surface area contributed by atoms with Crippen LogP contribution in [0, 0.1) is 5.82 Å². The molecule has 0 spiro atoms. The molecule has 3 amide bonds. The van der Waals surface area contributed by atoms with E-state index in [0.29, 0.717) is 51.6 Å². The molecule has 0 unspecified atom stereocenters. The highest BCUT2D eigenvalue weighted by Gasteiger charge is 2.26. The molecule has 2 aliphatic rings. The van der Waals surface area contributed by atoms with Crippen LogP contribution in [0.25, 0.3) is 11.3 Å². The lowest BCUT2D eigenvalue weighted by atomic mass is 10.1. The fraction of sp³-hybridized carbons (Fsp3) is 0.571. The molecule has 1 N–H and O–H groups in total. The van der Waals surface area contributed by atoms with Crippen LogP contribution in [0.4, 0.5) is 15.0 Å². The van der Waals surface area contributed by atoms with Crippen molar-refractivity contribution >= 4 is 17.8 Å². The van der Waals surface area contributed by atoms with Crippen LogP contribution in [-0.4, -0.2) is 114 Å². The number of rotatable bonds is 7. The molecule has 0 radical (unpaired) electrons. The lowest BCUT2D eigenvalue weighted by Crippen LogP contribution is -2.53. The number of morpholine rings is 1. The fourth-order valence-corrected chi connectivity index (χ4v) is 4.67. The molecule has 1 aromatic heterocycles. The molecule has 0 bridgehead atoms. The third-order valence-electron chi connectivity index (χ3n) is 6.85. The molecule has 39 heavy (non-hydrogen) atoms. The Labute approximate surface area is 230 Å². The van der Waals surface area contributed by atoms with E-state index in [0.717, 1.165) is 37.4 Å². The van der Waals surface area contributed by atoms with E-state index in [4.69, 9.17) is 4.74 Å². The van der Waals surface area contributed by atoms with E-state index in [1.807, 2.05) is 37.8 Å². The van der Waals surface area contributed by atoms with Crippen LogP contribution in [0.5, 0.6) is 0 Å². The van der Waals surface area contributed by atoms with Crippen molar-refractivity contribution < 1.29 is 18.7 Å². The maximum absolute atomic E-state index is 13.3. The third kappa shape index (κ3) is 8.59. The average molecular weight is 542 g/mol. The number of urea groups is 1. The van der Waals surface area contributed by atoms with Crippen molar-refractivity contribution in [3.8, 4) is 11.3 Å². The largest absolute Gasteiger partial charge is 0.379 e. The average Bonchev–Trinajstić information content (AvgIpc) is 3.18. The van der Waals surface area contributed by atoms with Gasteiger partial charge >= 0.3 is 6.03 Å². The van der Waals surface area contributed by atoms with Gasteiger partial charge in [-0.1, -0.05) is 0 Å². The van der Waals surface area contributed by atoms with Gasteiger partial charge in [0.05, 0.1) is 18.9 Å². The minimum absolute atomic E-state index is 0.0401. The number of ether oxygens (including phenoxy) is 1. The number of anilines is 1. The Morgan fingerprint density at radius 2 is 1.72 bits per heavy atom. The SMILES string of the molecule is CC(C)(C)NC(=O)N(CCN1CCOCC1)CC(=O)N1CCCN(c2ccc(-c3ccc(F)cc3)nn2)CC1. The molecular formula is C28H40FN7O3. The second-order valence-electron chi connectivity index (χ2n) is 11.1. The number of carbonyl (C=O) groups is 2. The Morgan fingerprint density at radius 1 is 0.974 bits per heavy atom. The minimum Gasteiger partial charge on any atom is -0.379 e. The van der Waals surface area contributed by atoms with Gasteiger partial charge in [-0.2, -0.15) is 0 Å². The van der Waals surface area contributed by atoms with Gasteiger partial charge in [0.2, 0.25) is 5.91 Å². The van der Waals surface area contributed by atoms with E-state index in [9.17, 15) is 14.0 Å². The molecule has 2 fully saturated rings. The topological polar surface area (TPSA) is 94.1 Å². The summed E-state index contributed by atoms with van der Waals surface area (Å²) in [6, 6.07) is 9.73. The zero-order valence-corrected chi connectivity index (χ0v) is 23.2. The zero-order chi connectivity index (χ0) is 27.8. The molecule has 2 aliphatic heterocycles. The number of nitrogens with zero attached hydrogens (tertiary/aromatic N) is 6. The Bertz CT molecular complexity index is 1090. The molecule has 0 aliphatic carbocycles. The minimum atomic E-state index is -0.395. The maximum Gasteiger partial charge on any atom is 0.318 e. The molecule has 2 aromatic rings. The van der Waals surface area contributed by atoms with E-state index in [1.54, 1.807) is 17.0 Å². The van der Waals surface area contributed by atoms with Crippen molar-refractivity contribution in [3.63, 3.8) is 0 Å². The van der Waals surface area contributed by atoms with E-state index in [1.165, 1.54) is 12.1 Å². The van der Waals surface area contributed by atoms with Gasteiger partial charge in [-0.15, -0.1) is 10.2 Å². The summed E-state index contributed by atoms with van der Waals surface area (Å²) in [6.07, 6.45) is 0.787. The molecule has 0 saturated carbocycles. The Kier molecular flexibility index (Phi) is 9.68. The second-order valence-corrected chi connectivity index (χ2v) is 11.1. The molecular weight excluding hydrogens is 501 g/mol. The maximum atomic E-state index is 13.3. The van der Waals surface area contributed by atoms with E-state index < -0.39 is 5.54 Å². The number of halogens is 1. The highest BCUT2D eigenvalue weighted by Crippen LogP contribution is 2.20. The standard InChI is InChI=1S/C28H40FN7O3/c1-28(2,3)30-27(38)36(14-13-33-17-19-39-20-18-33)21-26(37)35-12-4-11-34(15-16-35)25-10-9-24(31-32-25)22-5-7-23(29)8-6-22/h5-10H,4,11-21H2,1-3H3,(H,30,38). The van der Waals surface area contributed by atoms with Crippen molar-refractivity contribution in [2.45, 2.75) is 32.7 Å². The van der Waals surface area contributed by atoms with Crippen molar-refractivity contribution in [1.82, 2.24) is 30.2 Å². The van der Waals surface area contributed by atoms with Crippen LogP contribution in [0.3, 0.4) is 0 Å². The van der Waals surface area contributed by atoms with Crippen molar-refractivity contribution in [1.29, 1.82) is 0 Å². The number of aromatic nitrogens is 2. The van der Waals surface area contributed by atoms with Crippen LogP contribution >= 0.6 is 0 Å². The van der Waals surface area contributed by atoms with Gasteiger partial charge in [-0.3, -0.25) is 9.69 Å². The van der Waals surface area contributed by atoms with Gasteiger partial charge in [-0.05, 0) is 63.6 Å². The highest BCUT2D eigenvalue weighted by atomic mass is 19.1. The van der Waals surface area contributed by atoms with Crippen LogP contribution < -0.4 is 10.2 Å². The molecule has 10 nitrogen and oxygen atoms in total. The molecule has 0 atom stereocenters. The Morgan fingerprint density at radius 3 is 2.38 bits per heavy atom. The first-order chi connectivity index (χ1) is 18.7. The summed E-state index contributed by atoms with van der Waals surface area (Å²) in [5, 5.41) is 11.7. The van der Waals surface area contributed by atoms with E-state index in [2.05, 4.69) is 25.3 Å². The summed E-state index contributed by atoms with van der Waals surface area (Å²) in [6.45, 7) is 12.6. The van der Waals surface area contributed by atoms with Gasteiger partial charge in [0.1, 0.15) is 12.4 Å². The summed E-state index contributed by atoms with van der Waals surface area (Å²) in [4.78, 5) is 34.3.